The average molecular weight is 403 g/mol. The lowest BCUT2D eigenvalue weighted by atomic mass is 10.1. The maximum atomic E-state index is 12.7. The third-order valence-corrected chi connectivity index (χ3v) is 4.94. The number of ether oxygens (including phenoxy) is 3. The van der Waals surface area contributed by atoms with E-state index in [1.54, 1.807) is 37.4 Å². The number of fused-ring (bicyclic) bond motifs is 1. The Morgan fingerprint density at radius 3 is 2.07 bits per heavy atom. The Morgan fingerprint density at radius 2 is 1.47 bits per heavy atom. The van der Waals surface area contributed by atoms with Crippen molar-refractivity contribution in [2.24, 2.45) is 0 Å². The molecule has 2 aromatic carbocycles. The number of carbonyl (C=O) groups excluding carboxylic acids is 2. The fourth-order valence-electron chi connectivity index (χ4n) is 3.18. The SMILES string of the molecule is Cc1ccc(C(=O)Oc2c(C)ncc3c2[C@H](OC(=O)c2ccc(C)cc2)OC3)cc1. The molecule has 0 saturated carbocycles. The van der Waals surface area contributed by atoms with Gasteiger partial charge in [0.15, 0.2) is 5.75 Å². The Morgan fingerprint density at radius 1 is 0.900 bits per heavy atom. The second-order valence-corrected chi connectivity index (χ2v) is 7.28. The molecule has 1 aliphatic heterocycles. The van der Waals surface area contributed by atoms with Crippen LogP contribution in [0.3, 0.4) is 0 Å². The van der Waals surface area contributed by atoms with Crippen LogP contribution < -0.4 is 4.74 Å². The summed E-state index contributed by atoms with van der Waals surface area (Å²) in [6.45, 7) is 5.83. The van der Waals surface area contributed by atoms with Crippen molar-refractivity contribution >= 4 is 11.9 Å². The standard InChI is InChI=1S/C24H21NO5/c1-14-4-8-17(9-5-14)22(26)29-21-16(3)25-12-19-13-28-24(20(19)21)30-23(27)18-10-6-15(2)7-11-18/h4-12,24H,13H2,1-3H3/t24-/m0/s1. The van der Waals surface area contributed by atoms with Crippen molar-refractivity contribution in [2.75, 3.05) is 0 Å². The van der Waals surface area contributed by atoms with E-state index in [-0.39, 0.29) is 12.4 Å². The summed E-state index contributed by atoms with van der Waals surface area (Å²) in [5, 5.41) is 0. The molecule has 30 heavy (non-hydrogen) atoms. The lowest BCUT2D eigenvalue weighted by molar-refractivity contribution is -0.105. The summed E-state index contributed by atoms with van der Waals surface area (Å²) in [5.74, 6) is -0.765. The predicted molar refractivity (Wildman–Crippen MR) is 109 cm³/mol. The van der Waals surface area contributed by atoms with E-state index in [9.17, 15) is 9.59 Å². The van der Waals surface area contributed by atoms with Gasteiger partial charge in [-0.05, 0) is 45.0 Å². The third-order valence-electron chi connectivity index (χ3n) is 4.94. The van der Waals surface area contributed by atoms with Crippen LogP contribution in [0.2, 0.25) is 0 Å². The number of aryl methyl sites for hydroxylation is 3. The van der Waals surface area contributed by atoms with Gasteiger partial charge < -0.3 is 14.2 Å². The van der Waals surface area contributed by atoms with Gasteiger partial charge in [0.25, 0.3) is 0 Å². The zero-order chi connectivity index (χ0) is 21.3. The van der Waals surface area contributed by atoms with E-state index in [1.165, 1.54) is 0 Å². The predicted octanol–water partition coefficient (Wildman–Crippen LogP) is 4.61. The Bertz CT molecular complexity index is 1100. The lowest BCUT2D eigenvalue weighted by Crippen LogP contribution is -2.15. The van der Waals surface area contributed by atoms with Crippen molar-refractivity contribution in [3.63, 3.8) is 0 Å². The first-order chi connectivity index (χ1) is 14.4. The summed E-state index contributed by atoms with van der Waals surface area (Å²) in [4.78, 5) is 29.5. The Hall–Kier alpha value is -3.51. The van der Waals surface area contributed by atoms with Crippen molar-refractivity contribution < 1.29 is 23.8 Å². The van der Waals surface area contributed by atoms with E-state index in [0.717, 1.165) is 11.1 Å². The molecule has 6 nitrogen and oxygen atoms in total. The lowest BCUT2D eigenvalue weighted by Gasteiger charge is -2.17. The number of aromatic nitrogens is 1. The topological polar surface area (TPSA) is 74.7 Å². The molecule has 1 atom stereocenters. The van der Waals surface area contributed by atoms with Gasteiger partial charge >= 0.3 is 11.9 Å². The van der Waals surface area contributed by atoms with E-state index < -0.39 is 18.2 Å². The van der Waals surface area contributed by atoms with Gasteiger partial charge in [-0.1, -0.05) is 35.4 Å². The minimum atomic E-state index is -0.976. The summed E-state index contributed by atoms with van der Waals surface area (Å²) in [5.41, 5.74) is 4.67. The first-order valence-electron chi connectivity index (χ1n) is 9.59. The highest BCUT2D eigenvalue weighted by atomic mass is 16.7. The average Bonchev–Trinajstić information content (AvgIpc) is 3.14. The van der Waals surface area contributed by atoms with Crippen molar-refractivity contribution in [2.45, 2.75) is 33.7 Å². The van der Waals surface area contributed by atoms with Crippen molar-refractivity contribution in [3.05, 3.63) is 93.8 Å². The highest BCUT2D eigenvalue weighted by molar-refractivity contribution is 5.91. The third kappa shape index (κ3) is 3.95. The van der Waals surface area contributed by atoms with Gasteiger partial charge in [0, 0.05) is 11.8 Å². The first-order valence-corrected chi connectivity index (χ1v) is 9.59. The van der Waals surface area contributed by atoms with Crippen molar-refractivity contribution in [3.8, 4) is 5.75 Å². The number of benzene rings is 2. The van der Waals surface area contributed by atoms with E-state index >= 15 is 0 Å². The molecule has 3 aromatic rings. The molecule has 0 radical (unpaired) electrons. The van der Waals surface area contributed by atoms with Crippen LogP contribution in [-0.4, -0.2) is 16.9 Å². The summed E-state index contributed by atoms with van der Waals surface area (Å²) in [6.07, 6.45) is 0.671. The summed E-state index contributed by atoms with van der Waals surface area (Å²) in [6, 6.07) is 14.2. The van der Waals surface area contributed by atoms with E-state index in [0.29, 0.717) is 27.9 Å². The number of nitrogens with zero attached hydrogens (tertiary/aromatic N) is 1. The van der Waals surface area contributed by atoms with E-state index in [4.69, 9.17) is 14.2 Å². The fourth-order valence-corrected chi connectivity index (χ4v) is 3.18. The van der Waals surface area contributed by atoms with Crippen LogP contribution in [0.25, 0.3) is 0 Å². The van der Waals surface area contributed by atoms with Gasteiger partial charge in [0.2, 0.25) is 6.29 Å². The molecule has 152 valence electrons. The Balaban J connectivity index is 1.60. The van der Waals surface area contributed by atoms with Crippen LogP contribution in [0.4, 0.5) is 0 Å². The number of hydrogen-bond acceptors (Lipinski definition) is 6. The minimum Gasteiger partial charge on any atom is -0.427 e. The molecular formula is C24H21NO5. The minimum absolute atomic E-state index is 0.212. The zero-order valence-electron chi connectivity index (χ0n) is 17.0. The number of hydrogen-bond donors (Lipinski definition) is 0. The largest absolute Gasteiger partial charge is 0.427 e. The van der Waals surface area contributed by atoms with Gasteiger partial charge in [0.05, 0.1) is 29.0 Å². The second-order valence-electron chi connectivity index (χ2n) is 7.28. The molecular weight excluding hydrogens is 382 g/mol. The van der Waals surface area contributed by atoms with Gasteiger partial charge in [-0.15, -0.1) is 0 Å². The molecule has 0 aliphatic carbocycles. The van der Waals surface area contributed by atoms with Crippen LogP contribution in [0.5, 0.6) is 5.75 Å². The maximum absolute atomic E-state index is 12.7. The number of esters is 2. The molecule has 0 saturated heterocycles. The Kier molecular flexibility index (Phi) is 5.33. The maximum Gasteiger partial charge on any atom is 0.343 e. The molecule has 0 fully saturated rings. The van der Waals surface area contributed by atoms with Crippen LogP contribution in [0.1, 0.15) is 55.0 Å². The zero-order valence-corrected chi connectivity index (χ0v) is 17.0. The summed E-state index contributed by atoms with van der Waals surface area (Å²) < 4.78 is 16.9. The highest BCUT2D eigenvalue weighted by Gasteiger charge is 2.33. The van der Waals surface area contributed by atoms with Crippen molar-refractivity contribution in [1.82, 2.24) is 4.98 Å². The second kappa shape index (κ2) is 8.08. The molecule has 0 bridgehead atoms. The van der Waals surface area contributed by atoms with Gasteiger partial charge in [-0.2, -0.15) is 0 Å². The molecule has 0 N–H and O–H groups in total. The fraction of sp³-hybridized carbons (Fsp3) is 0.208. The van der Waals surface area contributed by atoms with E-state index in [1.807, 2.05) is 38.1 Å². The molecule has 0 unspecified atom stereocenters. The highest BCUT2D eigenvalue weighted by Crippen LogP contribution is 2.40. The molecule has 1 aromatic heterocycles. The monoisotopic (exact) mass is 403 g/mol. The van der Waals surface area contributed by atoms with Crippen LogP contribution >= 0.6 is 0 Å². The quantitative estimate of drug-likeness (QED) is 0.592. The van der Waals surface area contributed by atoms with Crippen LogP contribution in [-0.2, 0) is 16.1 Å². The molecule has 0 spiro atoms. The van der Waals surface area contributed by atoms with Crippen molar-refractivity contribution in [1.29, 1.82) is 0 Å². The van der Waals surface area contributed by atoms with Gasteiger partial charge in [-0.25, -0.2) is 9.59 Å². The van der Waals surface area contributed by atoms with Crippen LogP contribution in [0, 0.1) is 20.8 Å². The first kappa shape index (κ1) is 19.8. The molecule has 0 amide bonds. The number of carbonyl (C=O) groups is 2. The molecule has 2 heterocycles. The number of pyridine rings is 1. The normalized spacial score (nSPS) is 14.8. The van der Waals surface area contributed by atoms with Crippen LogP contribution in [0.15, 0.2) is 54.7 Å². The summed E-state index contributed by atoms with van der Waals surface area (Å²) >= 11 is 0. The smallest absolute Gasteiger partial charge is 0.343 e. The molecule has 1 aliphatic rings. The Labute approximate surface area is 174 Å². The number of rotatable bonds is 4. The summed E-state index contributed by atoms with van der Waals surface area (Å²) in [7, 11) is 0. The van der Waals surface area contributed by atoms with Gasteiger partial charge in [-0.3, -0.25) is 4.98 Å². The molecule has 4 rings (SSSR count). The molecule has 6 heteroatoms. The van der Waals surface area contributed by atoms with E-state index in [2.05, 4.69) is 4.98 Å². The van der Waals surface area contributed by atoms with Gasteiger partial charge in [0.1, 0.15) is 0 Å².